The third kappa shape index (κ3) is 6.33. The van der Waals surface area contributed by atoms with Crippen molar-refractivity contribution in [3.8, 4) is 11.3 Å². The van der Waals surface area contributed by atoms with Crippen molar-refractivity contribution in [3.05, 3.63) is 76.8 Å². The van der Waals surface area contributed by atoms with Crippen molar-refractivity contribution in [3.63, 3.8) is 0 Å². The second-order valence-electron chi connectivity index (χ2n) is 7.22. The van der Waals surface area contributed by atoms with Gasteiger partial charge < -0.3 is 16.0 Å². The van der Waals surface area contributed by atoms with E-state index in [-0.39, 0.29) is 24.9 Å². The lowest BCUT2D eigenvalue weighted by molar-refractivity contribution is -0.124. The maximum atomic E-state index is 12.5. The Bertz CT molecular complexity index is 1190. The number of rotatable bonds is 8. The standard InChI is InChI=1S/C23H24N6O4/c1-15(29-21(31)8-7-20(28-29)17-9-11-24-12-10-17)22(32)25-13-14-26-23(33)18-3-5-19(6-4-18)27-16(2)30/h3-12,15H,13-14H2,1-2H3,(H,25,32)(H,26,33)(H,27,30). The highest BCUT2D eigenvalue weighted by Crippen LogP contribution is 2.14. The van der Waals surface area contributed by atoms with E-state index in [1.54, 1.807) is 61.8 Å². The van der Waals surface area contributed by atoms with Gasteiger partial charge in [0.25, 0.3) is 11.5 Å². The Morgan fingerprint density at radius 2 is 1.61 bits per heavy atom. The van der Waals surface area contributed by atoms with Gasteiger partial charge in [-0.15, -0.1) is 0 Å². The normalized spacial score (nSPS) is 11.3. The molecule has 3 amide bonds. The second-order valence-corrected chi connectivity index (χ2v) is 7.22. The van der Waals surface area contributed by atoms with E-state index < -0.39 is 17.5 Å². The lowest BCUT2D eigenvalue weighted by Crippen LogP contribution is -2.40. The van der Waals surface area contributed by atoms with Gasteiger partial charge in [0.2, 0.25) is 11.8 Å². The number of carbonyl (C=O) groups is 3. The Labute approximate surface area is 190 Å². The first-order valence-corrected chi connectivity index (χ1v) is 10.3. The summed E-state index contributed by atoms with van der Waals surface area (Å²) in [6, 6.07) is 12.1. The smallest absolute Gasteiger partial charge is 0.267 e. The average Bonchev–Trinajstić information content (AvgIpc) is 2.82. The number of nitrogens with zero attached hydrogens (tertiary/aromatic N) is 3. The fraction of sp³-hybridized carbons (Fsp3) is 0.217. The average molecular weight is 448 g/mol. The Kier molecular flexibility index (Phi) is 7.64. The topological polar surface area (TPSA) is 135 Å². The summed E-state index contributed by atoms with van der Waals surface area (Å²) >= 11 is 0. The van der Waals surface area contributed by atoms with Gasteiger partial charge in [-0.05, 0) is 49.4 Å². The Hall–Kier alpha value is -4.34. The number of carbonyl (C=O) groups excluding carboxylic acids is 3. The number of hydrogen-bond acceptors (Lipinski definition) is 6. The number of benzene rings is 1. The molecule has 10 heteroatoms. The van der Waals surface area contributed by atoms with E-state index in [4.69, 9.17) is 0 Å². The molecular weight excluding hydrogens is 424 g/mol. The van der Waals surface area contributed by atoms with Gasteiger partial charge in [0, 0.05) is 55.3 Å². The molecule has 0 spiro atoms. The van der Waals surface area contributed by atoms with E-state index in [0.29, 0.717) is 16.9 Å². The van der Waals surface area contributed by atoms with Crippen LogP contribution >= 0.6 is 0 Å². The molecule has 2 heterocycles. The lowest BCUT2D eigenvalue weighted by atomic mass is 10.2. The third-order valence-electron chi connectivity index (χ3n) is 4.72. The molecule has 1 atom stereocenters. The predicted octanol–water partition coefficient (Wildman–Crippen LogP) is 1.37. The molecule has 0 radical (unpaired) electrons. The molecule has 3 rings (SSSR count). The molecule has 3 aromatic rings. The van der Waals surface area contributed by atoms with E-state index >= 15 is 0 Å². The van der Waals surface area contributed by atoms with Gasteiger partial charge in [-0.25, -0.2) is 4.68 Å². The summed E-state index contributed by atoms with van der Waals surface area (Å²) in [6.07, 6.45) is 3.24. The molecule has 0 aliphatic heterocycles. The van der Waals surface area contributed by atoms with Crippen LogP contribution in [0.25, 0.3) is 11.3 Å². The zero-order valence-corrected chi connectivity index (χ0v) is 18.2. The summed E-state index contributed by atoms with van der Waals surface area (Å²) in [5, 5.41) is 12.3. The van der Waals surface area contributed by atoms with Crippen molar-refractivity contribution in [2.75, 3.05) is 18.4 Å². The molecule has 0 aliphatic carbocycles. The van der Waals surface area contributed by atoms with Gasteiger partial charge in [0.05, 0.1) is 5.69 Å². The number of nitrogens with one attached hydrogen (secondary N) is 3. The molecule has 0 saturated heterocycles. The van der Waals surface area contributed by atoms with Gasteiger partial charge in [-0.3, -0.25) is 24.2 Å². The van der Waals surface area contributed by atoms with Crippen LogP contribution in [-0.4, -0.2) is 45.6 Å². The molecule has 1 unspecified atom stereocenters. The summed E-state index contributed by atoms with van der Waals surface area (Å²) in [5.41, 5.74) is 1.95. The van der Waals surface area contributed by atoms with Crippen LogP contribution in [0.5, 0.6) is 0 Å². The summed E-state index contributed by atoms with van der Waals surface area (Å²) in [5.74, 6) is -0.904. The Morgan fingerprint density at radius 1 is 0.939 bits per heavy atom. The number of aromatic nitrogens is 3. The minimum Gasteiger partial charge on any atom is -0.352 e. The van der Waals surface area contributed by atoms with Crippen molar-refractivity contribution in [2.45, 2.75) is 19.9 Å². The predicted molar refractivity (Wildman–Crippen MR) is 123 cm³/mol. The fourth-order valence-electron chi connectivity index (χ4n) is 3.01. The number of pyridine rings is 1. The second kappa shape index (κ2) is 10.8. The first-order chi connectivity index (χ1) is 15.8. The van der Waals surface area contributed by atoms with Gasteiger partial charge >= 0.3 is 0 Å². The minimum absolute atomic E-state index is 0.178. The number of anilines is 1. The maximum Gasteiger partial charge on any atom is 0.267 e. The van der Waals surface area contributed by atoms with E-state index in [9.17, 15) is 19.2 Å². The molecule has 0 fully saturated rings. The van der Waals surface area contributed by atoms with E-state index in [1.165, 1.54) is 13.0 Å². The third-order valence-corrected chi connectivity index (χ3v) is 4.72. The molecule has 10 nitrogen and oxygen atoms in total. The van der Waals surface area contributed by atoms with E-state index in [0.717, 1.165) is 10.2 Å². The highest BCUT2D eigenvalue weighted by Gasteiger charge is 2.18. The molecule has 3 N–H and O–H groups in total. The van der Waals surface area contributed by atoms with Crippen molar-refractivity contribution in [1.82, 2.24) is 25.4 Å². The summed E-state index contributed by atoms with van der Waals surface area (Å²) in [7, 11) is 0. The zero-order chi connectivity index (χ0) is 23.8. The SMILES string of the molecule is CC(=O)Nc1ccc(C(=O)NCCNC(=O)C(C)n2nc(-c3ccncc3)ccc2=O)cc1. The Morgan fingerprint density at radius 3 is 2.27 bits per heavy atom. The molecule has 0 saturated carbocycles. The molecule has 1 aromatic carbocycles. The zero-order valence-electron chi connectivity index (χ0n) is 18.2. The first kappa shape index (κ1) is 23.3. The van der Waals surface area contributed by atoms with Crippen molar-refractivity contribution in [1.29, 1.82) is 0 Å². The Balaban J connectivity index is 1.52. The van der Waals surface area contributed by atoms with Crippen LogP contribution in [0.4, 0.5) is 5.69 Å². The van der Waals surface area contributed by atoms with Gasteiger partial charge in [0.1, 0.15) is 6.04 Å². The number of amides is 3. The summed E-state index contributed by atoms with van der Waals surface area (Å²) in [4.78, 5) is 52.0. The quantitative estimate of drug-likeness (QED) is 0.446. The molecule has 0 bridgehead atoms. The molecule has 2 aromatic heterocycles. The van der Waals surface area contributed by atoms with Crippen LogP contribution in [0, 0.1) is 0 Å². The first-order valence-electron chi connectivity index (χ1n) is 10.3. The van der Waals surface area contributed by atoms with Crippen LogP contribution < -0.4 is 21.5 Å². The highest BCUT2D eigenvalue weighted by molar-refractivity contribution is 5.95. The van der Waals surface area contributed by atoms with Crippen molar-refractivity contribution in [2.24, 2.45) is 0 Å². The van der Waals surface area contributed by atoms with E-state index in [1.807, 2.05) is 0 Å². The van der Waals surface area contributed by atoms with Crippen LogP contribution in [0.2, 0.25) is 0 Å². The van der Waals surface area contributed by atoms with Crippen LogP contribution in [0.1, 0.15) is 30.2 Å². The van der Waals surface area contributed by atoms with Gasteiger partial charge in [-0.2, -0.15) is 5.10 Å². The van der Waals surface area contributed by atoms with Crippen LogP contribution in [0.3, 0.4) is 0 Å². The maximum absolute atomic E-state index is 12.5. The molecule has 0 aliphatic rings. The minimum atomic E-state index is -0.837. The van der Waals surface area contributed by atoms with Crippen molar-refractivity contribution >= 4 is 23.4 Å². The summed E-state index contributed by atoms with van der Waals surface area (Å²) < 4.78 is 1.13. The monoisotopic (exact) mass is 448 g/mol. The van der Waals surface area contributed by atoms with Crippen LogP contribution in [-0.2, 0) is 9.59 Å². The van der Waals surface area contributed by atoms with E-state index in [2.05, 4.69) is 26.0 Å². The van der Waals surface area contributed by atoms with Gasteiger partial charge in [-0.1, -0.05) is 0 Å². The molecular formula is C23H24N6O4. The van der Waals surface area contributed by atoms with Gasteiger partial charge in [0.15, 0.2) is 0 Å². The molecule has 33 heavy (non-hydrogen) atoms. The van der Waals surface area contributed by atoms with Crippen molar-refractivity contribution < 1.29 is 14.4 Å². The fourth-order valence-corrected chi connectivity index (χ4v) is 3.01. The van der Waals surface area contributed by atoms with Crippen LogP contribution in [0.15, 0.2) is 65.7 Å². The summed E-state index contributed by atoms with van der Waals surface area (Å²) in [6.45, 7) is 3.36. The number of hydrogen-bond donors (Lipinski definition) is 3. The lowest BCUT2D eigenvalue weighted by Gasteiger charge is -2.15. The highest BCUT2D eigenvalue weighted by atomic mass is 16.2. The largest absolute Gasteiger partial charge is 0.352 e. The molecule has 170 valence electrons.